The summed E-state index contributed by atoms with van der Waals surface area (Å²) in [7, 11) is 0.543. The van der Waals surface area contributed by atoms with E-state index < -0.39 is 0 Å². The molecule has 0 heterocycles. The van der Waals surface area contributed by atoms with Crippen LogP contribution in [-0.4, -0.2) is 12.2 Å². The highest BCUT2D eigenvalue weighted by molar-refractivity contribution is 7.55. The van der Waals surface area contributed by atoms with Gasteiger partial charge >= 0.3 is 0 Å². The molecule has 3 rings (SSSR count). The van der Waals surface area contributed by atoms with E-state index in [0.717, 1.165) is 22.6 Å². The molecule has 0 aromatic heterocycles. The van der Waals surface area contributed by atoms with Gasteiger partial charge in [0.15, 0.2) is 0 Å². The van der Waals surface area contributed by atoms with Crippen molar-refractivity contribution < 1.29 is 9.47 Å². The van der Waals surface area contributed by atoms with E-state index in [1.54, 1.807) is 0 Å². The molecule has 0 radical (unpaired) electrons. The number of benzene rings is 3. The maximum atomic E-state index is 6.31. The zero-order valence-corrected chi connectivity index (χ0v) is 17.4. The summed E-state index contributed by atoms with van der Waals surface area (Å²) in [6.07, 6.45) is 0.221. The van der Waals surface area contributed by atoms with Gasteiger partial charge in [0.1, 0.15) is 11.5 Å². The van der Waals surface area contributed by atoms with E-state index >= 15 is 0 Å². The van der Waals surface area contributed by atoms with Crippen molar-refractivity contribution in [3.8, 4) is 22.6 Å². The number of hydrogen-bond acceptors (Lipinski definition) is 2. The molecule has 1 unspecified atom stereocenters. The Hall–Kier alpha value is -2.31. The third kappa shape index (κ3) is 5.11. The summed E-state index contributed by atoms with van der Waals surface area (Å²) in [5.74, 6) is 1.84. The molecule has 0 spiro atoms. The fourth-order valence-corrected chi connectivity index (χ4v) is 4.09. The van der Waals surface area contributed by atoms with Crippen LogP contribution in [0.4, 0.5) is 0 Å². The molecule has 0 bridgehead atoms. The molecule has 0 saturated heterocycles. The first-order chi connectivity index (χ1) is 13.0. The number of para-hydroxylation sites is 2. The summed E-state index contributed by atoms with van der Waals surface area (Å²) in [6, 6.07) is 25.2. The van der Waals surface area contributed by atoms with Crippen LogP contribution >= 0.6 is 8.58 Å². The fourth-order valence-electron chi connectivity index (χ4n) is 2.93. The Balaban J connectivity index is 2.09. The molecule has 0 fully saturated rings. The Kier molecular flexibility index (Phi) is 6.53. The average molecular weight is 378 g/mol. The van der Waals surface area contributed by atoms with Crippen LogP contribution in [0.2, 0.25) is 0 Å². The van der Waals surface area contributed by atoms with Gasteiger partial charge in [-0.1, -0.05) is 75.3 Å². The van der Waals surface area contributed by atoms with Crippen molar-refractivity contribution in [3.63, 3.8) is 0 Å². The van der Waals surface area contributed by atoms with E-state index in [1.165, 1.54) is 10.6 Å². The summed E-state index contributed by atoms with van der Waals surface area (Å²) in [4.78, 5) is 0. The average Bonchev–Trinajstić information content (AvgIpc) is 2.64. The van der Waals surface area contributed by atoms with Gasteiger partial charge in [0.2, 0.25) is 0 Å². The molecule has 3 aromatic rings. The van der Waals surface area contributed by atoms with E-state index in [4.69, 9.17) is 9.47 Å². The van der Waals surface area contributed by atoms with Crippen LogP contribution in [0, 0.1) is 0 Å². The topological polar surface area (TPSA) is 18.5 Å². The highest BCUT2D eigenvalue weighted by Crippen LogP contribution is 2.38. The normalized spacial score (nSPS) is 11.5. The molecular weight excluding hydrogens is 351 g/mol. The van der Waals surface area contributed by atoms with Gasteiger partial charge < -0.3 is 9.47 Å². The second kappa shape index (κ2) is 9.06. The minimum Gasteiger partial charge on any atom is -0.490 e. The Bertz CT molecular complexity index is 873. The van der Waals surface area contributed by atoms with E-state index in [0.29, 0.717) is 8.58 Å². The predicted octanol–water partition coefficient (Wildman–Crippen LogP) is 5.56. The smallest absolute Gasteiger partial charge is 0.135 e. The van der Waals surface area contributed by atoms with Gasteiger partial charge in [0.25, 0.3) is 0 Å². The van der Waals surface area contributed by atoms with Gasteiger partial charge in [-0.15, -0.1) is 0 Å². The molecule has 1 atom stereocenters. The van der Waals surface area contributed by atoms with Gasteiger partial charge in [-0.25, -0.2) is 0 Å². The van der Waals surface area contributed by atoms with Crippen molar-refractivity contribution in [2.75, 3.05) is 0 Å². The van der Waals surface area contributed by atoms with Gasteiger partial charge in [-0.2, -0.15) is 0 Å². The zero-order valence-electron chi connectivity index (χ0n) is 16.4. The minimum atomic E-state index is 0.101. The third-order valence-electron chi connectivity index (χ3n) is 3.96. The SMILES string of the molecule is CC(C)Oc1ccccc1-c1cccc(Pc2ccccc2)c1OC(C)C. The molecule has 0 amide bonds. The lowest BCUT2D eigenvalue weighted by Gasteiger charge is -2.21. The van der Waals surface area contributed by atoms with Crippen molar-refractivity contribution >= 4 is 19.2 Å². The van der Waals surface area contributed by atoms with Crippen molar-refractivity contribution in [2.45, 2.75) is 39.9 Å². The van der Waals surface area contributed by atoms with Crippen molar-refractivity contribution in [3.05, 3.63) is 72.8 Å². The Morgan fingerprint density at radius 3 is 1.96 bits per heavy atom. The van der Waals surface area contributed by atoms with Gasteiger partial charge in [-0.05, 0) is 39.1 Å². The quantitative estimate of drug-likeness (QED) is 0.501. The lowest BCUT2D eigenvalue weighted by molar-refractivity contribution is 0.240. The molecule has 27 heavy (non-hydrogen) atoms. The first-order valence-corrected chi connectivity index (χ1v) is 10.4. The van der Waals surface area contributed by atoms with Crippen LogP contribution in [0.15, 0.2) is 72.8 Å². The van der Waals surface area contributed by atoms with Crippen LogP contribution in [0.1, 0.15) is 27.7 Å². The summed E-state index contributed by atoms with van der Waals surface area (Å²) >= 11 is 0. The van der Waals surface area contributed by atoms with Crippen LogP contribution in [0.25, 0.3) is 11.1 Å². The molecule has 3 aromatic carbocycles. The monoisotopic (exact) mass is 378 g/mol. The lowest BCUT2D eigenvalue weighted by Crippen LogP contribution is -2.15. The van der Waals surface area contributed by atoms with Gasteiger partial charge in [0.05, 0.1) is 12.2 Å². The van der Waals surface area contributed by atoms with Gasteiger partial charge in [-0.3, -0.25) is 0 Å². The highest BCUT2D eigenvalue weighted by Gasteiger charge is 2.17. The highest BCUT2D eigenvalue weighted by atomic mass is 31.1. The maximum Gasteiger partial charge on any atom is 0.135 e. The van der Waals surface area contributed by atoms with Crippen molar-refractivity contribution in [1.82, 2.24) is 0 Å². The second-order valence-corrected chi connectivity index (χ2v) is 8.37. The first-order valence-electron chi connectivity index (χ1n) is 9.42. The van der Waals surface area contributed by atoms with Gasteiger partial charge in [0, 0.05) is 16.4 Å². The second-order valence-electron chi connectivity index (χ2n) is 7.00. The number of rotatable bonds is 7. The molecule has 0 aliphatic rings. The summed E-state index contributed by atoms with van der Waals surface area (Å²) in [5.41, 5.74) is 2.16. The minimum absolute atomic E-state index is 0.101. The van der Waals surface area contributed by atoms with E-state index in [1.807, 2.05) is 18.2 Å². The molecule has 3 heteroatoms. The maximum absolute atomic E-state index is 6.31. The molecule has 0 aliphatic carbocycles. The molecule has 0 aliphatic heterocycles. The largest absolute Gasteiger partial charge is 0.490 e. The number of ether oxygens (including phenoxy) is 2. The van der Waals surface area contributed by atoms with Crippen LogP contribution in [-0.2, 0) is 0 Å². The fraction of sp³-hybridized carbons (Fsp3) is 0.250. The van der Waals surface area contributed by atoms with E-state index in [2.05, 4.69) is 82.3 Å². The Labute approximate surface area is 164 Å². The Morgan fingerprint density at radius 2 is 1.26 bits per heavy atom. The van der Waals surface area contributed by atoms with E-state index in [-0.39, 0.29) is 12.2 Å². The molecular formula is C24H27O2P. The van der Waals surface area contributed by atoms with Crippen molar-refractivity contribution in [2.24, 2.45) is 0 Å². The first kappa shape index (κ1) is 19.5. The molecule has 140 valence electrons. The van der Waals surface area contributed by atoms with Crippen LogP contribution < -0.4 is 20.1 Å². The molecule has 2 nitrogen and oxygen atoms in total. The van der Waals surface area contributed by atoms with E-state index in [9.17, 15) is 0 Å². The summed E-state index contributed by atoms with van der Waals surface area (Å²) in [5, 5.41) is 2.52. The van der Waals surface area contributed by atoms with Crippen molar-refractivity contribution in [1.29, 1.82) is 0 Å². The zero-order chi connectivity index (χ0) is 19.2. The standard InChI is InChI=1S/C24H27O2P/c1-17(2)25-22-15-9-8-13-20(22)21-14-10-16-23(24(21)26-18(3)4)27-19-11-6-5-7-12-19/h5-18,27H,1-4H3. The molecule has 0 N–H and O–H groups in total. The van der Waals surface area contributed by atoms with Crippen LogP contribution in [0.3, 0.4) is 0 Å². The molecule has 0 saturated carbocycles. The number of hydrogen-bond donors (Lipinski definition) is 0. The summed E-state index contributed by atoms with van der Waals surface area (Å²) in [6.45, 7) is 8.25. The van der Waals surface area contributed by atoms with Crippen LogP contribution in [0.5, 0.6) is 11.5 Å². The Morgan fingerprint density at radius 1 is 0.630 bits per heavy atom. The summed E-state index contributed by atoms with van der Waals surface area (Å²) < 4.78 is 12.4. The lowest BCUT2D eigenvalue weighted by atomic mass is 10.0. The third-order valence-corrected chi connectivity index (χ3v) is 5.25. The predicted molar refractivity (Wildman–Crippen MR) is 117 cm³/mol.